The molecule has 8 nitrogen and oxygen atoms in total. The molecule has 0 heterocycles. The molecule has 0 radical (unpaired) electrons. The lowest BCUT2D eigenvalue weighted by Gasteiger charge is -2.24. The fraction of sp³-hybridized carbons (Fsp3) is 0.611. The van der Waals surface area contributed by atoms with Gasteiger partial charge in [-0.1, -0.05) is 187 Å². The normalized spacial score (nSPS) is 14.7. The Kier molecular flexibility index (Phi) is 43.2. The number of hydrogen-bond acceptors (Lipinski definition) is 6. The highest BCUT2D eigenvalue weighted by atomic mass is 31.2. The fourth-order valence-corrected chi connectivity index (χ4v) is 6.63. The SMILES string of the molecule is CC/C=C\C/C=C\C/C=C\C/C=C\C/C=C\CCCCCCCCCCCCOCC(COP(=O)(O)OCC[N+](C)(C)C)OC(=O)C/C=C\C/C=C\C/C=C\C/C=C\C/C=C\CC. The highest BCUT2D eigenvalue weighted by Gasteiger charge is 2.26. The summed E-state index contributed by atoms with van der Waals surface area (Å²) in [5.74, 6) is -0.447. The van der Waals surface area contributed by atoms with E-state index in [1.54, 1.807) is 6.08 Å². The summed E-state index contributed by atoms with van der Waals surface area (Å²) in [7, 11) is 1.59. The second-order valence-electron chi connectivity index (χ2n) is 16.7. The number of phosphoric ester groups is 1. The number of likely N-dealkylation sites (N-methyl/N-ethyl adjacent to an activating group) is 1. The number of carbonyl (C=O) groups is 1. The van der Waals surface area contributed by atoms with Crippen LogP contribution in [0.2, 0.25) is 0 Å². The summed E-state index contributed by atoms with van der Waals surface area (Å²) in [6.07, 6.45) is 65.7. The molecule has 0 saturated heterocycles. The van der Waals surface area contributed by atoms with Gasteiger partial charge in [0.15, 0.2) is 0 Å². The molecule has 1 N–H and O–H groups in total. The lowest BCUT2D eigenvalue weighted by molar-refractivity contribution is -0.870. The zero-order valence-corrected chi connectivity index (χ0v) is 41.4. The van der Waals surface area contributed by atoms with E-state index in [1.807, 2.05) is 27.2 Å². The van der Waals surface area contributed by atoms with Crippen molar-refractivity contribution in [1.82, 2.24) is 0 Å². The molecule has 0 bridgehead atoms. The van der Waals surface area contributed by atoms with Crippen molar-refractivity contribution in [1.29, 1.82) is 0 Å². The first kappa shape index (κ1) is 59.9. The molecule has 0 amide bonds. The molecular weight excluding hydrogens is 806 g/mol. The smallest absolute Gasteiger partial charge is 0.457 e. The van der Waals surface area contributed by atoms with Crippen LogP contribution in [0.5, 0.6) is 0 Å². The van der Waals surface area contributed by atoms with Gasteiger partial charge in [-0.3, -0.25) is 13.8 Å². The molecule has 0 spiro atoms. The summed E-state index contributed by atoms with van der Waals surface area (Å²) < 4.78 is 34.9. The number of nitrogens with zero attached hydrogens (tertiary/aromatic N) is 1. The van der Waals surface area contributed by atoms with Crippen LogP contribution in [0.15, 0.2) is 122 Å². The van der Waals surface area contributed by atoms with E-state index >= 15 is 0 Å². The largest absolute Gasteiger partial charge is 0.472 e. The Hall–Kier alpha value is -3.10. The lowest BCUT2D eigenvalue weighted by Crippen LogP contribution is -2.37. The molecule has 0 aliphatic heterocycles. The molecule has 2 unspecified atom stereocenters. The van der Waals surface area contributed by atoms with Crippen LogP contribution >= 0.6 is 7.82 Å². The average molecular weight is 897 g/mol. The van der Waals surface area contributed by atoms with E-state index in [1.165, 1.54) is 57.8 Å². The number of hydrogen-bond donors (Lipinski definition) is 1. The molecule has 0 fully saturated rings. The molecule has 358 valence electrons. The van der Waals surface area contributed by atoms with Crippen molar-refractivity contribution in [3.8, 4) is 0 Å². The van der Waals surface area contributed by atoms with Crippen LogP contribution in [0.25, 0.3) is 0 Å². The Morgan fingerprint density at radius 1 is 0.492 bits per heavy atom. The molecule has 0 aromatic carbocycles. The average Bonchev–Trinajstić information content (AvgIpc) is 3.24. The summed E-state index contributed by atoms with van der Waals surface area (Å²) >= 11 is 0. The number of rotatable bonds is 43. The molecular formula is C54H91NO7P+. The molecule has 2 atom stereocenters. The van der Waals surface area contributed by atoms with Crippen LogP contribution in [0.1, 0.15) is 155 Å². The third kappa shape index (κ3) is 49.8. The summed E-state index contributed by atoms with van der Waals surface area (Å²) in [5.41, 5.74) is 0. The van der Waals surface area contributed by atoms with Gasteiger partial charge in [-0.25, -0.2) is 4.57 Å². The van der Waals surface area contributed by atoms with Gasteiger partial charge in [0.05, 0.1) is 40.8 Å². The van der Waals surface area contributed by atoms with Gasteiger partial charge in [-0.05, 0) is 83.5 Å². The molecule has 0 saturated carbocycles. The first-order chi connectivity index (χ1) is 30.6. The van der Waals surface area contributed by atoms with Gasteiger partial charge in [0.1, 0.15) is 19.3 Å². The minimum Gasteiger partial charge on any atom is -0.457 e. The monoisotopic (exact) mass is 897 g/mol. The number of quaternary nitrogens is 1. The lowest BCUT2D eigenvalue weighted by atomic mass is 10.1. The first-order valence-corrected chi connectivity index (χ1v) is 25.8. The van der Waals surface area contributed by atoms with Crippen molar-refractivity contribution in [3.63, 3.8) is 0 Å². The summed E-state index contributed by atoms with van der Waals surface area (Å²) in [4.78, 5) is 22.9. The van der Waals surface area contributed by atoms with Crippen molar-refractivity contribution >= 4 is 13.8 Å². The summed E-state index contributed by atoms with van der Waals surface area (Å²) in [6.45, 7) is 5.21. The quantitative estimate of drug-likeness (QED) is 0.0214. The van der Waals surface area contributed by atoms with Crippen LogP contribution in [0.4, 0.5) is 0 Å². The topological polar surface area (TPSA) is 91.3 Å². The van der Waals surface area contributed by atoms with E-state index in [-0.39, 0.29) is 26.2 Å². The third-order valence-corrected chi connectivity index (χ3v) is 10.5. The van der Waals surface area contributed by atoms with E-state index in [0.29, 0.717) is 24.1 Å². The van der Waals surface area contributed by atoms with Gasteiger partial charge < -0.3 is 18.9 Å². The maximum atomic E-state index is 12.7. The maximum Gasteiger partial charge on any atom is 0.472 e. The second-order valence-corrected chi connectivity index (χ2v) is 18.2. The van der Waals surface area contributed by atoms with E-state index in [0.717, 1.165) is 70.6 Å². The van der Waals surface area contributed by atoms with Crippen LogP contribution < -0.4 is 0 Å². The Labute approximate surface area is 386 Å². The zero-order valence-electron chi connectivity index (χ0n) is 40.5. The Morgan fingerprint density at radius 2 is 0.873 bits per heavy atom. The Morgan fingerprint density at radius 3 is 1.30 bits per heavy atom. The number of unbranched alkanes of at least 4 members (excludes halogenated alkanes) is 10. The van der Waals surface area contributed by atoms with Gasteiger partial charge in [0.2, 0.25) is 0 Å². The number of esters is 1. The molecule has 0 aliphatic carbocycles. The standard InChI is InChI=1S/C54H90NO7P/c1-6-8-10-12-14-16-18-20-22-23-24-25-26-27-28-29-30-31-32-34-36-38-40-42-44-46-49-59-51-53(52-61-63(57,58)60-50-48-55(3,4)5)62-54(56)47-45-43-41-39-37-35-33-21-19-17-15-13-11-9-7-2/h8-11,14-17,20-22,24-25,27-28,33,37,39,43,45,53H,6-7,12-13,18-19,23,26,29-32,34-36,38,40-42,44,46-52H2,1-5H3/p+1/b10-8-,11-9-,16-14-,17-15-,22-20-,25-24-,28-27-,33-21-,39-37-,45-43-. The van der Waals surface area contributed by atoms with Crippen LogP contribution in [-0.2, 0) is 27.9 Å². The summed E-state index contributed by atoms with van der Waals surface area (Å²) in [6, 6.07) is 0. The van der Waals surface area contributed by atoms with Gasteiger partial charge in [0.25, 0.3) is 0 Å². The first-order valence-electron chi connectivity index (χ1n) is 24.3. The van der Waals surface area contributed by atoms with Crippen LogP contribution in [-0.4, -0.2) is 75.6 Å². The van der Waals surface area contributed by atoms with E-state index in [2.05, 4.69) is 123 Å². The number of allylic oxidation sites excluding steroid dienone is 19. The number of ether oxygens (including phenoxy) is 2. The van der Waals surface area contributed by atoms with E-state index < -0.39 is 19.9 Å². The predicted molar refractivity (Wildman–Crippen MR) is 270 cm³/mol. The third-order valence-electron chi connectivity index (χ3n) is 9.55. The Bertz CT molecular complexity index is 1410. The number of carbonyl (C=O) groups excluding carboxylic acids is 1. The summed E-state index contributed by atoms with van der Waals surface area (Å²) in [5, 5.41) is 0. The zero-order chi connectivity index (χ0) is 46.2. The predicted octanol–water partition coefficient (Wildman–Crippen LogP) is 14.9. The van der Waals surface area contributed by atoms with Crippen molar-refractivity contribution < 1.29 is 37.3 Å². The van der Waals surface area contributed by atoms with E-state index in [4.69, 9.17) is 18.5 Å². The Balaban J connectivity index is 4.25. The van der Waals surface area contributed by atoms with Gasteiger partial charge in [-0.2, -0.15) is 0 Å². The minimum absolute atomic E-state index is 0.0642. The van der Waals surface area contributed by atoms with Crippen molar-refractivity contribution in [2.45, 2.75) is 161 Å². The number of phosphoric acid groups is 1. The molecule has 0 aromatic heterocycles. The minimum atomic E-state index is -4.31. The fourth-order valence-electron chi connectivity index (χ4n) is 5.89. The van der Waals surface area contributed by atoms with Gasteiger partial charge >= 0.3 is 13.8 Å². The van der Waals surface area contributed by atoms with E-state index in [9.17, 15) is 14.3 Å². The van der Waals surface area contributed by atoms with Crippen LogP contribution in [0, 0.1) is 0 Å². The highest BCUT2D eigenvalue weighted by molar-refractivity contribution is 7.47. The van der Waals surface area contributed by atoms with Crippen molar-refractivity contribution in [2.75, 3.05) is 54.1 Å². The molecule has 0 aromatic rings. The van der Waals surface area contributed by atoms with Crippen molar-refractivity contribution in [3.05, 3.63) is 122 Å². The molecule has 63 heavy (non-hydrogen) atoms. The maximum absolute atomic E-state index is 12.7. The molecule has 9 heteroatoms. The highest BCUT2D eigenvalue weighted by Crippen LogP contribution is 2.43. The van der Waals surface area contributed by atoms with Gasteiger partial charge in [-0.15, -0.1) is 0 Å². The van der Waals surface area contributed by atoms with Crippen LogP contribution in [0.3, 0.4) is 0 Å². The van der Waals surface area contributed by atoms with Crippen molar-refractivity contribution in [2.24, 2.45) is 0 Å². The van der Waals surface area contributed by atoms with Gasteiger partial charge in [0, 0.05) is 6.61 Å². The second kappa shape index (κ2) is 45.5. The molecule has 0 aliphatic rings. The molecule has 0 rings (SSSR count).